The van der Waals surface area contributed by atoms with Crippen LogP contribution in [0.2, 0.25) is 0 Å². The number of carbonyl (C=O) groups excluding carboxylic acids is 1. The van der Waals surface area contributed by atoms with Crippen molar-refractivity contribution < 1.29 is 9.53 Å². The highest BCUT2D eigenvalue weighted by Gasteiger charge is 2.02. The van der Waals surface area contributed by atoms with Gasteiger partial charge in [0.05, 0.1) is 6.61 Å². The van der Waals surface area contributed by atoms with Crippen molar-refractivity contribution in [3.05, 3.63) is 0 Å². The van der Waals surface area contributed by atoms with E-state index < -0.39 is 0 Å². The summed E-state index contributed by atoms with van der Waals surface area (Å²) in [6.07, 6.45) is 2.55. The van der Waals surface area contributed by atoms with Crippen molar-refractivity contribution in [3.8, 4) is 0 Å². The molecule has 0 radical (unpaired) electrons. The molecule has 0 aliphatic heterocycles. The van der Waals surface area contributed by atoms with Crippen molar-refractivity contribution >= 4 is 17.7 Å². The first-order chi connectivity index (χ1) is 6.16. The van der Waals surface area contributed by atoms with Crippen molar-refractivity contribution in [3.63, 3.8) is 0 Å². The summed E-state index contributed by atoms with van der Waals surface area (Å²) in [7, 11) is 0. The molecule has 13 heavy (non-hydrogen) atoms. The maximum absolute atomic E-state index is 10.9. The van der Waals surface area contributed by atoms with Gasteiger partial charge < -0.3 is 10.1 Å². The third kappa shape index (κ3) is 9.47. The molecule has 0 rings (SSSR count). The van der Waals surface area contributed by atoms with Gasteiger partial charge in [0.15, 0.2) is 0 Å². The maximum Gasteiger partial charge on any atom is 0.407 e. The lowest BCUT2D eigenvalue weighted by Gasteiger charge is -2.08. The molecule has 0 bridgehead atoms. The average Bonchev–Trinajstić information content (AvgIpc) is 2.02. The molecule has 0 aliphatic rings. The molecule has 0 spiro atoms. The molecular weight excluding hydrogens is 190 g/mol. The Balaban J connectivity index is 3.17. The van der Waals surface area contributed by atoms with Gasteiger partial charge in [-0.3, -0.25) is 0 Å². The van der Waals surface area contributed by atoms with Crippen LogP contribution >= 0.6 is 11.6 Å². The predicted octanol–water partition coefficient (Wildman–Crippen LogP) is 2.53. The topological polar surface area (TPSA) is 38.3 Å². The Labute approximate surface area is 84.8 Å². The average molecular weight is 208 g/mol. The summed E-state index contributed by atoms with van der Waals surface area (Å²) in [4.78, 5) is 10.9. The van der Waals surface area contributed by atoms with Gasteiger partial charge in [0.25, 0.3) is 0 Å². The summed E-state index contributed by atoms with van der Waals surface area (Å²) < 4.78 is 4.91. The molecule has 0 aliphatic carbocycles. The minimum Gasteiger partial charge on any atom is -0.450 e. The van der Waals surface area contributed by atoms with Gasteiger partial charge in [-0.15, -0.1) is 11.6 Å². The van der Waals surface area contributed by atoms with E-state index in [4.69, 9.17) is 16.3 Å². The van der Waals surface area contributed by atoms with Crippen molar-refractivity contribution in [1.29, 1.82) is 0 Å². The number of carbonyl (C=O) groups is 1. The smallest absolute Gasteiger partial charge is 0.407 e. The Morgan fingerprint density at radius 3 is 2.62 bits per heavy atom. The zero-order valence-electron chi connectivity index (χ0n) is 8.31. The van der Waals surface area contributed by atoms with E-state index in [1.807, 2.05) is 13.8 Å². The van der Waals surface area contributed by atoms with Gasteiger partial charge in [-0.1, -0.05) is 0 Å². The van der Waals surface area contributed by atoms with Gasteiger partial charge in [0.1, 0.15) is 0 Å². The van der Waals surface area contributed by atoms with E-state index in [1.165, 1.54) is 0 Å². The normalized spacial score (nSPS) is 10.2. The van der Waals surface area contributed by atoms with Crippen molar-refractivity contribution in [1.82, 2.24) is 5.32 Å². The minimum absolute atomic E-state index is 0.135. The number of alkyl halides is 1. The molecule has 0 atom stereocenters. The fourth-order valence-corrected chi connectivity index (χ4v) is 1.00. The Hall–Kier alpha value is -0.440. The largest absolute Gasteiger partial charge is 0.450 e. The van der Waals surface area contributed by atoms with Gasteiger partial charge in [-0.05, 0) is 33.1 Å². The molecule has 0 aromatic rings. The van der Waals surface area contributed by atoms with Gasteiger partial charge in [-0.2, -0.15) is 0 Å². The summed E-state index contributed by atoms with van der Waals surface area (Å²) >= 11 is 5.49. The Bertz CT molecular complexity index is 140. The first-order valence-corrected chi connectivity index (χ1v) is 5.19. The van der Waals surface area contributed by atoms with E-state index in [9.17, 15) is 4.79 Å². The lowest BCUT2D eigenvalue weighted by atomic mass is 10.3. The monoisotopic (exact) mass is 207 g/mol. The minimum atomic E-state index is -0.333. The first-order valence-electron chi connectivity index (χ1n) is 4.66. The molecule has 0 heterocycles. The third-order valence-corrected chi connectivity index (χ3v) is 1.68. The van der Waals surface area contributed by atoms with Gasteiger partial charge >= 0.3 is 6.09 Å². The van der Waals surface area contributed by atoms with E-state index in [0.29, 0.717) is 12.5 Å². The van der Waals surface area contributed by atoms with E-state index in [1.54, 1.807) is 0 Å². The number of nitrogens with one attached hydrogen (secondary N) is 1. The Morgan fingerprint density at radius 2 is 2.08 bits per heavy atom. The summed E-state index contributed by atoms with van der Waals surface area (Å²) in [6.45, 7) is 4.28. The highest BCUT2D eigenvalue weighted by atomic mass is 35.5. The molecule has 1 amide bonds. The molecular formula is C9H18ClNO2. The second-order valence-electron chi connectivity index (χ2n) is 3.18. The number of rotatable bonds is 6. The Kier molecular flexibility index (Phi) is 7.90. The summed E-state index contributed by atoms with van der Waals surface area (Å²) in [5.41, 5.74) is 0. The van der Waals surface area contributed by atoms with Gasteiger partial charge in [0, 0.05) is 11.9 Å². The SMILES string of the molecule is CC(C)NC(=O)OCCCCCCl. The highest BCUT2D eigenvalue weighted by molar-refractivity contribution is 6.17. The Morgan fingerprint density at radius 1 is 1.38 bits per heavy atom. The zero-order valence-corrected chi connectivity index (χ0v) is 9.06. The van der Waals surface area contributed by atoms with Crippen LogP contribution in [0.1, 0.15) is 33.1 Å². The maximum atomic E-state index is 10.9. The summed E-state index contributed by atoms with van der Waals surface area (Å²) in [5.74, 6) is 0.679. The molecule has 4 heteroatoms. The number of alkyl carbamates (subject to hydrolysis) is 1. The molecule has 0 unspecified atom stereocenters. The van der Waals surface area contributed by atoms with Crippen LogP contribution in [0.15, 0.2) is 0 Å². The van der Waals surface area contributed by atoms with Gasteiger partial charge in [-0.25, -0.2) is 4.79 Å². The second kappa shape index (κ2) is 8.17. The molecule has 78 valence electrons. The van der Waals surface area contributed by atoms with Crippen molar-refractivity contribution in [2.45, 2.75) is 39.2 Å². The third-order valence-electron chi connectivity index (χ3n) is 1.42. The van der Waals surface area contributed by atoms with Crippen LogP contribution in [0.3, 0.4) is 0 Å². The summed E-state index contributed by atoms with van der Waals surface area (Å²) in [5, 5.41) is 2.65. The standard InChI is InChI=1S/C9H18ClNO2/c1-8(2)11-9(12)13-7-5-3-4-6-10/h8H,3-7H2,1-2H3,(H,11,12). The number of halogens is 1. The molecule has 0 saturated heterocycles. The highest BCUT2D eigenvalue weighted by Crippen LogP contribution is 1.97. The fourth-order valence-electron chi connectivity index (χ4n) is 0.816. The van der Waals surface area contributed by atoms with E-state index in [0.717, 1.165) is 19.3 Å². The van der Waals surface area contributed by atoms with Crippen LogP contribution in [-0.2, 0) is 4.74 Å². The van der Waals surface area contributed by atoms with Crippen LogP contribution in [0.4, 0.5) is 4.79 Å². The molecule has 1 N–H and O–H groups in total. The lowest BCUT2D eigenvalue weighted by Crippen LogP contribution is -2.30. The number of hydrogen-bond donors (Lipinski definition) is 1. The van der Waals surface area contributed by atoms with Crippen LogP contribution in [-0.4, -0.2) is 24.6 Å². The predicted molar refractivity (Wildman–Crippen MR) is 54.2 cm³/mol. The van der Waals surface area contributed by atoms with Gasteiger partial charge in [0.2, 0.25) is 0 Å². The van der Waals surface area contributed by atoms with Crippen molar-refractivity contribution in [2.24, 2.45) is 0 Å². The number of ether oxygens (including phenoxy) is 1. The van der Waals surface area contributed by atoms with Crippen molar-refractivity contribution in [2.75, 3.05) is 12.5 Å². The zero-order chi connectivity index (χ0) is 10.1. The van der Waals surface area contributed by atoms with Crippen LogP contribution in [0.5, 0.6) is 0 Å². The van der Waals surface area contributed by atoms with E-state index in [-0.39, 0.29) is 12.1 Å². The first kappa shape index (κ1) is 12.6. The fraction of sp³-hybridized carbons (Fsp3) is 0.889. The quantitative estimate of drug-likeness (QED) is 0.537. The molecule has 0 aromatic heterocycles. The molecule has 0 fully saturated rings. The second-order valence-corrected chi connectivity index (χ2v) is 3.56. The molecule has 0 saturated carbocycles. The van der Waals surface area contributed by atoms with E-state index >= 15 is 0 Å². The van der Waals surface area contributed by atoms with E-state index in [2.05, 4.69) is 5.32 Å². The van der Waals surface area contributed by atoms with Crippen LogP contribution < -0.4 is 5.32 Å². The number of amides is 1. The van der Waals surface area contributed by atoms with Crippen LogP contribution in [0.25, 0.3) is 0 Å². The number of hydrogen-bond acceptors (Lipinski definition) is 2. The molecule has 3 nitrogen and oxygen atoms in total. The lowest BCUT2D eigenvalue weighted by molar-refractivity contribution is 0.141. The summed E-state index contributed by atoms with van der Waals surface area (Å²) in [6, 6.07) is 0.135. The molecule has 0 aromatic carbocycles. The number of unbranched alkanes of at least 4 members (excludes halogenated alkanes) is 2. The van der Waals surface area contributed by atoms with Crippen LogP contribution in [0, 0.1) is 0 Å².